The number of benzene rings is 2. The molecule has 2 aromatic carbocycles. The van der Waals surface area contributed by atoms with Gasteiger partial charge in [0.2, 0.25) is 0 Å². The van der Waals surface area contributed by atoms with E-state index in [0.717, 1.165) is 12.0 Å². The summed E-state index contributed by atoms with van der Waals surface area (Å²) in [5.41, 5.74) is 3.44. The van der Waals surface area contributed by atoms with Crippen LogP contribution in [0.4, 0.5) is 0 Å². The number of aliphatic hydroxyl groups is 1. The van der Waals surface area contributed by atoms with Crippen LogP contribution in [0.5, 0.6) is 0 Å². The predicted octanol–water partition coefficient (Wildman–Crippen LogP) is 4.86. The van der Waals surface area contributed by atoms with Gasteiger partial charge < -0.3 is 5.11 Å². The van der Waals surface area contributed by atoms with Crippen molar-refractivity contribution in [1.82, 2.24) is 0 Å². The first-order chi connectivity index (χ1) is 9.63. The molecule has 20 heavy (non-hydrogen) atoms. The molecule has 0 aliphatic rings. The Morgan fingerprint density at radius 2 is 1.50 bits per heavy atom. The molecule has 2 rings (SSSR count). The van der Waals surface area contributed by atoms with E-state index >= 15 is 0 Å². The Kier molecular flexibility index (Phi) is 4.97. The lowest BCUT2D eigenvalue weighted by Gasteiger charge is -2.29. The van der Waals surface area contributed by atoms with Gasteiger partial charge in [0.25, 0.3) is 0 Å². The molecule has 2 aromatic rings. The van der Waals surface area contributed by atoms with Crippen molar-refractivity contribution in [2.24, 2.45) is 5.92 Å². The Morgan fingerprint density at radius 1 is 0.900 bits per heavy atom. The molecule has 1 N–H and O–H groups in total. The molecule has 0 aliphatic carbocycles. The zero-order chi connectivity index (χ0) is 14.5. The highest BCUT2D eigenvalue weighted by Crippen LogP contribution is 2.38. The Balaban J connectivity index is 2.34. The topological polar surface area (TPSA) is 20.2 Å². The van der Waals surface area contributed by atoms with Crippen LogP contribution in [0.1, 0.15) is 49.0 Å². The second-order valence-corrected chi connectivity index (χ2v) is 5.68. The third-order valence-corrected chi connectivity index (χ3v) is 4.20. The summed E-state index contributed by atoms with van der Waals surface area (Å²) in [5.74, 6) is 0.581. The first kappa shape index (κ1) is 14.8. The minimum atomic E-state index is -0.451. The SMILES string of the molecule is CCC(C)C(c1ccccc1)C(O)c1ccc(C)cc1. The minimum Gasteiger partial charge on any atom is -0.388 e. The lowest BCUT2D eigenvalue weighted by molar-refractivity contribution is 0.118. The monoisotopic (exact) mass is 268 g/mol. The van der Waals surface area contributed by atoms with E-state index in [1.807, 2.05) is 30.3 Å². The molecular formula is C19H24O. The number of hydrogen-bond acceptors (Lipinski definition) is 1. The lowest BCUT2D eigenvalue weighted by Crippen LogP contribution is -2.18. The third-order valence-electron chi connectivity index (χ3n) is 4.20. The molecule has 106 valence electrons. The standard InChI is InChI=1S/C19H24O/c1-4-15(3)18(16-8-6-5-7-9-16)19(20)17-12-10-14(2)11-13-17/h5-13,15,18-20H,4H2,1-3H3. The van der Waals surface area contributed by atoms with E-state index in [1.54, 1.807) is 0 Å². The summed E-state index contributed by atoms with van der Waals surface area (Å²) in [4.78, 5) is 0. The van der Waals surface area contributed by atoms with Crippen molar-refractivity contribution in [1.29, 1.82) is 0 Å². The molecule has 1 nitrogen and oxygen atoms in total. The molecule has 1 heteroatoms. The van der Waals surface area contributed by atoms with Crippen molar-refractivity contribution in [2.75, 3.05) is 0 Å². The molecular weight excluding hydrogens is 244 g/mol. The van der Waals surface area contributed by atoms with E-state index in [2.05, 4.69) is 45.0 Å². The van der Waals surface area contributed by atoms with E-state index in [4.69, 9.17) is 0 Å². The Labute approximate surface area is 122 Å². The second kappa shape index (κ2) is 6.71. The van der Waals surface area contributed by atoms with E-state index < -0.39 is 6.10 Å². The highest BCUT2D eigenvalue weighted by molar-refractivity contribution is 5.29. The maximum absolute atomic E-state index is 10.8. The molecule has 0 bridgehead atoms. The average molecular weight is 268 g/mol. The van der Waals surface area contributed by atoms with E-state index in [-0.39, 0.29) is 5.92 Å². The molecule has 0 fully saturated rings. The fourth-order valence-electron chi connectivity index (χ4n) is 2.72. The van der Waals surface area contributed by atoms with Crippen molar-refractivity contribution in [3.8, 4) is 0 Å². The summed E-state index contributed by atoms with van der Waals surface area (Å²) < 4.78 is 0. The van der Waals surface area contributed by atoms with Crippen LogP contribution in [0.3, 0.4) is 0 Å². The Bertz CT molecular complexity index is 515. The van der Waals surface area contributed by atoms with Crippen LogP contribution in [-0.2, 0) is 0 Å². The minimum absolute atomic E-state index is 0.143. The quantitative estimate of drug-likeness (QED) is 0.821. The largest absolute Gasteiger partial charge is 0.388 e. The van der Waals surface area contributed by atoms with Gasteiger partial charge in [0.1, 0.15) is 0 Å². The van der Waals surface area contributed by atoms with Gasteiger partial charge in [-0.25, -0.2) is 0 Å². The van der Waals surface area contributed by atoms with E-state index in [1.165, 1.54) is 11.1 Å². The molecule has 0 aromatic heterocycles. The first-order valence-electron chi connectivity index (χ1n) is 7.43. The number of hydrogen-bond donors (Lipinski definition) is 1. The van der Waals surface area contributed by atoms with Gasteiger partial charge in [0.05, 0.1) is 6.10 Å². The van der Waals surface area contributed by atoms with Gasteiger partial charge in [0.15, 0.2) is 0 Å². The smallest absolute Gasteiger partial charge is 0.0861 e. The van der Waals surface area contributed by atoms with Gasteiger partial charge in [0, 0.05) is 5.92 Å². The van der Waals surface area contributed by atoms with Gasteiger partial charge in [-0.15, -0.1) is 0 Å². The Morgan fingerprint density at radius 3 is 2.05 bits per heavy atom. The number of aryl methyl sites for hydroxylation is 1. The van der Waals surface area contributed by atoms with Crippen LogP contribution in [0.2, 0.25) is 0 Å². The van der Waals surface area contributed by atoms with Crippen LogP contribution >= 0.6 is 0 Å². The van der Waals surface area contributed by atoms with Crippen molar-refractivity contribution in [3.05, 3.63) is 71.3 Å². The third kappa shape index (κ3) is 3.29. The summed E-state index contributed by atoms with van der Waals surface area (Å²) in [7, 11) is 0. The van der Waals surface area contributed by atoms with E-state index in [0.29, 0.717) is 5.92 Å². The molecule has 0 aliphatic heterocycles. The van der Waals surface area contributed by atoms with Crippen molar-refractivity contribution in [3.63, 3.8) is 0 Å². The summed E-state index contributed by atoms with van der Waals surface area (Å²) in [5, 5.41) is 10.8. The Hall–Kier alpha value is -1.60. The van der Waals surface area contributed by atoms with Gasteiger partial charge in [-0.3, -0.25) is 0 Å². The molecule has 0 saturated carbocycles. The maximum Gasteiger partial charge on any atom is 0.0861 e. The second-order valence-electron chi connectivity index (χ2n) is 5.68. The van der Waals surface area contributed by atoms with Crippen LogP contribution in [0.25, 0.3) is 0 Å². The number of aliphatic hydroxyl groups excluding tert-OH is 1. The fourth-order valence-corrected chi connectivity index (χ4v) is 2.72. The summed E-state index contributed by atoms with van der Waals surface area (Å²) >= 11 is 0. The number of rotatable bonds is 5. The lowest BCUT2D eigenvalue weighted by atomic mass is 9.79. The zero-order valence-electron chi connectivity index (χ0n) is 12.6. The fraction of sp³-hybridized carbons (Fsp3) is 0.368. The summed E-state index contributed by atoms with van der Waals surface area (Å²) in [6.07, 6.45) is 0.607. The summed E-state index contributed by atoms with van der Waals surface area (Å²) in [6.45, 7) is 6.47. The molecule has 0 radical (unpaired) electrons. The normalized spacial score (nSPS) is 15.6. The van der Waals surface area contributed by atoms with Crippen LogP contribution in [0, 0.1) is 12.8 Å². The van der Waals surface area contributed by atoms with Gasteiger partial charge in [-0.2, -0.15) is 0 Å². The van der Waals surface area contributed by atoms with Crippen LogP contribution < -0.4 is 0 Å². The van der Waals surface area contributed by atoms with Crippen molar-refractivity contribution in [2.45, 2.75) is 39.2 Å². The molecule has 3 atom stereocenters. The van der Waals surface area contributed by atoms with Gasteiger partial charge in [-0.05, 0) is 24.0 Å². The zero-order valence-corrected chi connectivity index (χ0v) is 12.6. The molecule has 0 saturated heterocycles. The van der Waals surface area contributed by atoms with Crippen molar-refractivity contribution >= 4 is 0 Å². The molecule has 0 amide bonds. The molecule has 3 unspecified atom stereocenters. The first-order valence-corrected chi connectivity index (χ1v) is 7.43. The molecule has 0 heterocycles. The highest BCUT2D eigenvalue weighted by atomic mass is 16.3. The summed E-state index contributed by atoms with van der Waals surface area (Å²) in [6, 6.07) is 18.6. The average Bonchev–Trinajstić information content (AvgIpc) is 2.49. The molecule has 0 spiro atoms. The van der Waals surface area contributed by atoms with Gasteiger partial charge >= 0.3 is 0 Å². The van der Waals surface area contributed by atoms with Crippen LogP contribution in [-0.4, -0.2) is 5.11 Å². The predicted molar refractivity (Wildman–Crippen MR) is 84.8 cm³/mol. The highest BCUT2D eigenvalue weighted by Gasteiger charge is 2.27. The van der Waals surface area contributed by atoms with Crippen molar-refractivity contribution < 1.29 is 5.11 Å². The van der Waals surface area contributed by atoms with Gasteiger partial charge in [-0.1, -0.05) is 80.4 Å². The van der Waals surface area contributed by atoms with Crippen LogP contribution in [0.15, 0.2) is 54.6 Å². The van der Waals surface area contributed by atoms with E-state index in [9.17, 15) is 5.11 Å². The maximum atomic E-state index is 10.8.